The monoisotopic (exact) mass is 337 g/mol. The van der Waals surface area contributed by atoms with Gasteiger partial charge in [-0.15, -0.1) is 0 Å². The SMILES string of the molecule is CCNC(c1ccccc1Br)c1cccc(OC)c1F. The molecule has 0 aromatic heterocycles. The highest BCUT2D eigenvalue weighted by atomic mass is 79.9. The standard InChI is InChI=1S/C16H17BrFNO/c1-3-19-16(11-7-4-5-9-13(11)17)12-8-6-10-14(20-2)15(12)18/h4-10,16,19H,3H2,1-2H3. The summed E-state index contributed by atoms with van der Waals surface area (Å²) in [6.07, 6.45) is 0. The Bertz CT molecular complexity index is 588. The summed E-state index contributed by atoms with van der Waals surface area (Å²) in [5.41, 5.74) is 1.58. The molecule has 1 unspecified atom stereocenters. The molecule has 0 aliphatic heterocycles. The van der Waals surface area contributed by atoms with Crippen LogP contribution in [0.1, 0.15) is 24.1 Å². The summed E-state index contributed by atoms with van der Waals surface area (Å²) >= 11 is 3.53. The highest BCUT2D eigenvalue weighted by Gasteiger charge is 2.21. The number of hydrogen-bond acceptors (Lipinski definition) is 2. The van der Waals surface area contributed by atoms with Gasteiger partial charge in [-0.25, -0.2) is 4.39 Å². The number of methoxy groups -OCH3 is 1. The topological polar surface area (TPSA) is 21.3 Å². The maximum atomic E-state index is 14.5. The Balaban J connectivity index is 2.52. The maximum absolute atomic E-state index is 14.5. The number of benzene rings is 2. The average molecular weight is 338 g/mol. The molecule has 0 heterocycles. The van der Waals surface area contributed by atoms with Gasteiger partial charge in [0.2, 0.25) is 0 Å². The largest absolute Gasteiger partial charge is 0.494 e. The molecule has 20 heavy (non-hydrogen) atoms. The van der Waals surface area contributed by atoms with Crippen LogP contribution in [0.15, 0.2) is 46.9 Å². The molecule has 0 spiro atoms. The van der Waals surface area contributed by atoms with Crippen LogP contribution in [-0.4, -0.2) is 13.7 Å². The number of rotatable bonds is 5. The summed E-state index contributed by atoms with van der Waals surface area (Å²) in [4.78, 5) is 0. The van der Waals surface area contributed by atoms with Crippen LogP contribution in [0.4, 0.5) is 4.39 Å². The van der Waals surface area contributed by atoms with Gasteiger partial charge in [-0.2, -0.15) is 0 Å². The van der Waals surface area contributed by atoms with Gasteiger partial charge < -0.3 is 10.1 Å². The summed E-state index contributed by atoms with van der Waals surface area (Å²) in [5, 5.41) is 3.32. The minimum absolute atomic E-state index is 0.217. The van der Waals surface area contributed by atoms with E-state index >= 15 is 0 Å². The zero-order chi connectivity index (χ0) is 14.5. The van der Waals surface area contributed by atoms with Crippen LogP contribution in [0.5, 0.6) is 5.75 Å². The van der Waals surface area contributed by atoms with Crippen LogP contribution in [0.25, 0.3) is 0 Å². The number of hydrogen-bond donors (Lipinski definition) is 1. The van der Waals surface area contributed by atoms with E-state index < -0.39 is 0 Å². The first-order valence-corrected chi connectivity index (χ1v) is 7.28. The Labute approximate surface area is 127 Å². The van der Waals surface area contributed by atoms with Gasteiger partial charge >= 0.3 is 0 Å². The minimum atomic E-state index is -0.322. The molecule has 1 atom stereocenters. The molecule has 4 heteroatoms. The van der Waals surface area contributed by atoms with E-state index in [0.29, 0.717) is 5.56 Å². The Hall–Kier alpha value is -1.39. The van der Waals surface area contributed by atoms with E-state index in [-0.39, 0.29) is 17.6 Å². The lowest BCUT2D eigenvalue weighted by molar-refractivity contribution is 0.381. The van der Waals surface area contributed by atoms with Crippen molar-refractivity contribution in [2.24, 2.45) is 0 Å². The number of halogens is 2. The second-order valence-electron chi connectivity index (χ2n) is 4.38. The van der Waals surface area contributed by atoms with Gasteiger partial charge in [-0.3, -0.25) is 0 Å². The molecule has 0 amide bonds. The average Bonchev–Trinajstić information content (AvgIpc) is 2.46. The lowest BCUT2D eigenvalue weighted by Gasteiger charge is -2.21. The Morgan fingerprint density at radius 1 is 1.15 bits per heavy atom. The van der Waals surface area contributed by atoms with E-state index in [0.717, 1.165) is 16.6 Å². The summed E-state index contributed by atoms with van der Waals surface area (Å²) in [6.45, 7) is 2.74. The number of ether oxygens (including phenoxy) is 1. The molecule has 1 N–H and O–H groups in total. The quantitative estimate of drug-likeness (QED) is 0.878. The molecule has 0 aliphatic rings. The van der Waals surface area contributed by atoms with Crippen LogP contribution in [0, 0.1) is 5.82 Å². The minimum Gasteiger partial charge on any atom is -0.494 e. The van der Waals surface area contributed by atoms with Crippen LogP contribution < -0.4 is 10.1 Å². The maximum Gasteiger partial charge on any atom is 0.170 e. The molecule has 0 saturated heterocycles. The first-order valence-electron chi connectivity index (χ1n) is 6.49. The van der Waals surface area contributed by atoms with E-state index in [1.165, 1.54) is 7.11 Å². The van der Waals surface area contributed by atoms with Crippen molar-refractivity contribution in [1.82, 2.24) is 5.32 Å². The van der Waals surface area contributed by atoms with Crippen molar-refractivity contribution in [2.45, 2.75) is 13.0 Å². The number of nitrogens with one attached hydrogen (secondary N) is 1. The fourth-order valence-corrected chi connectivity index (χ4v) is 2.72. The molecule has 0 bridgehead atoms. The second kappa shape index (κ2) is 6.86. The van der Waals surface area contributed by atoms with Crippen LogP contribution in [0.2, 0.25) is 0 Å². The molecule has 106 valence electrons. The summed E-state index contributed by atoms with van der Waals surface area (Å²) < 4.78 is 20.5. The van der Waals surface area contributed by atoms with Gasteiger partial charge in [0, 0.05) is 10.0 Å². The molecule has 0 radical (unpaired) electrons. The van der Waals surface area contributed by atoms with Gasteiger partial charge in [-0.1, -0.05) is 53.2 Å². The molecule has 0 fully saturated rings. The third-order valence-electron chi connectivity index (χ3n) is 3.15. The van der Waals surface area contributed by atoms with E-state index in [4.69, 9.17) is 4.74 Å². The summed E-state index contributed by atoms with van der Waals surface area (Å²) in [7, 11) is 1.48. The van der Waals surface area contributed by atoms with E-state index in [1.807, 2.05) is 31.2 Å². The molecule has 2 aromatic carbocycles. The van der Waals surface area contributed by atoms with Crippen molar-refractivity contribution < 1.29 is 9.13 Å². The molecule has 2 rings (SSSR count). The normalized spacial score (nSPS) is 12.2. The lowest BCUT2D eigenvalue weighted by Crippen LogP contribution is -2.23. The lowest BCUT2D eigenvalue weighted by atomic mass is 9.98. The third-order valence-corrected chi connectivity index (χ3v) is 3.87. The second-order valence-corrected chi connectivity index (χ2v) is 5.23. The highest BCUT2D eigenvalue weighted by molar-refractivity contribution is 9.10. The van der Waals surface area contributed by atoms with E-state index in [1.54, 1.807) is 18.2 Å². The van der Waals surface area contributed by atoms with Crippen molar-refractivity contribution in [2.75, 3.05) is 13.7 Å². The third kappa shape index (κ3) is 3.02. The Morgan fingerprint density at radius 3 is 2.50 bits per heavy atom. The molecule has 0 saturated carbocycles. The van der Waals surface area contributed by atoms with Gasteiger partial charge in [0.05, 0.1) is 13.2 Å². The highest BCUT2D eigenvalue weighted by Crippen LogP contribution is 2.32. The smallest absolute Gasteiger partial charge is 0.170 e. The molecule has 2 nitrogen and oxygen atoms in total. The first kappa shape index (κ1) is 15.0. The summed E-state index contributed by atoms with van der Waals surface area (Å²) in [5.74, 6) is -0.0610. The predicted molar refractivity (Wildman–Crippen MR) is 82.6 cm³/mol. The summed E-state index contributed by atoms with van der Waals surface area (Å²) in [6, 6.07) is 12.8. The zero-order valence-corrected chi connectivity index (χ0v) is 13.1. The molecular weight excluding hydrogens is 321 g/mol. The van der Waals surface area contributed by atoms with Gasteiger partial charge in [0.1, 0.15) is 0 Å². The zero-order valence-electron chi connectivity index (χ0n) is 11.5. The van der Waals surface area contributed by atoms with Crippen LogP contribution in [-0.2, 0) is 0 Å². The fraction of sp³-hybridized carbons (Fsp3) is 0.250. The fourth-order valence-electron chi connectivity index (χ4n) is 2.21. The molecular formula is C16H17BrFNO. The predicted octanol–water partition coefficient (Wildman–Crippen LogP) is 4.30. The van der Waals surface area contributed by atoms with Gasteiger partial charge in [-0.05, 0) is 24.2 Å². The molecule has 2 aromatic rings. The van der Waals surface area contributed by atoms with Crippen molar-refractivity contribution in [1.29, 1.82) is 0 Å². The Kier molecular flexibility index (Phi) is 5.15. The van der Waals surface area contributed by atoms with Crippen molar-refractivity contribution in [3.8, 4) is 5.75 Å². The van der Waals surface area contributed by atoms with Crippen molar-refractivity contribution >= 4 is 15.9 Å². The van der Waals surface area contributed by atoms with Crippen molar-refractivity contribution in [3.05, 3.63) is 63.9 Å². The van der Waals surface area contributed by atoms with Gasteiger partial charge in [0.15, 0.2) is 11.6 Å². The van der Waals surface area contributed by atoms with Gasteiger partial charge in [0.25, 0.3) is 0 Å². The van der Waals surface area contributed by atoms with E-state index in [9.17, 15) is 4.39 Å². The van der Waals surface area contributed by atoms with Crippen LogP contribution in [0.3, 0.4) is 0 Å². The Morgan fingerprint density at radius 2 is 1.85 bits per heavy atom. The molecule has 0 aliphatic carbocycles. The van der Waals surface area contributed by atoms with Crippen molar-refractivity contribution in [3.63, 3.8) is 0 Å². The first-order chi connectivity index (χ1) is 9.69. The van der Waals surface area contributed by atoms with E-state index in [2.05, 4.69) is 21.2 Å². The van der Waals surface area contributed by atoms with Crippen LogP contribution >= 0.6 is 15.9 Å².